The molecule has 0 radical (unpaired) electrons. The van der Waals surface area contributed by atoms with Crippen molar-refractivity contribution < 1.29 is 14.3 Å². The Morgan fingerprint density at radius 1 is 1.29 bits per heavy atom. The SMILES string of the molecule is CCCNC(=O)[C@@H](C)NC(=O)CCOc1ccc(Cl)cc1. The smallest absolute Gasteiger partial charge is 0.242 e. The summed E-state index contributed by atoms with van der Waals surface area (Å²) in [6, 6.07) is 6.37. The molecule has 0 bridgehead atoms. The molecule has 0 saturated heterocycles. The number of rotatable bonds is 8. The molecule has 6 heteroatoms. The Kier molecular flexibility index (Phi) is 7.61. The maximum atomic E-state index is 11.7. The Morgan fingerprint density at radius 3 is 2.57 bits per heavy atom. The van der Waals surface area contributed by atoms with Gasteiger partial charge in [0.2, 0.25) is 11.8 Å². The lowest BCUT2D eigenvalue weighted by Gasteiger charge is -2.14. The summed E-state index contributed by atoms with van der Waals surface area (Å²) < 4.78 is 5.42. The largest absolute Gasteiger partial charge is 0.493 e. The van der Waals surface area contributed by atoms with E-state index in [4.69, 9.17) is 16.3 Å². The van der Waals surface area contributed by atoms with Crippen LogP contribution >= 0.6 is 11.6 Å². The minimum Gasteiger partial charge on any atom is -0.493 e. The zero-order valence-corrected chi connectivity index (χ0v) is 13.1. The second kappa shape index (κ2) is 9.23. The number of hydrogen-bond donors (Lipinski definition) is 2. The van der Waals surface area contributed by atoms with Gasteiger partial charge in [-0.15, -0.1) is 0 Å². The number of amides is 2. The van der Waals surface area contributed by atoms with Crippen LogP contribution in [0.4, 0.5) is 0 Å². The van der Waals surface area contributed by atoms with E-state index in [-0.39, 0.29) is 24.8 Å². The first-order valence-corrected chi connectivity index (χ1v) is 7.36. The van der Waals surface area contributed by atoms with E-state index in [2.05, 4.69) is 10.6 Å². The van der Waals surface area contributed by atoms with E-state index in [1.807, 2.05) is 6.92 Å². The number of nitrogens with one attached hydrogen (secondary N) is 2. The second-order valence-corrected chi connectivity index (χ2v) is 5.07. The molecule has 5 nitrogen and oxygen atoms in total. The number of carbonyl (C=O) groups excluding carboxylic acids is 2. The molecular formula is C15H21ClN2O3. The van der Waals surface area contributed by atoms with Crippen LogP contribution < -0.4 is 15.4 Å². The molecule has 0 heterocycles. The van der Waals surface area contributed by atoms with Crippen LogP contribution in [0.15, 0.2) is 24.3 Å². The highest BCUT2D eigenvalue weighted by Crippen LogP contribution is 2.15. The zero-order valence-electron chi connectivity index (χ0n) is 12.3. The van der Waals surface area contributed by atoms with Gasteiger partial charge in [-0.3, -0.25) is 9.59 Å². The van der Waals surface area contributed by atoms with Crippen molar-refractivity contribution in [1.82, 2.24) is 10.6 Å². The first-order chi connectivity index (χ1) is 10.0. The van der Waals surface area contributed by atoms with E-state index in [9.17, 15) is 9.59 Å². The molecule has 2 N–H and O–H groups in total. The molecule has 1 aromatic rings. The summed E-state index contributed by atoms with van der Waals surface area (Å²) in [7, 11) is 0. The zero-order chi connectivity index (χ0) is 15.7. The molecule has 1 rings (SSSR count). The molecule has 0 aromatic heterocycles. The van der Waals surface area contributed by atoms with E-state index in [1.165, 1.54) is 0 Å². The molecule has 1 atom stereocenters. The Hall–Kier alpha value is -1.75. The highest BCUT2D eigenvalue weighted by Gasteiger charge is 2.14. The van der Waals surface area contributed by atoms with Crippen LogP contribution in [0.2, 0.25) is 5.02 Å². The average molecular weight is 313 g/mol. The fourth-order valence-corrected chi connectivity index (χ4v) is 1.70. The van der Waals surface area contributed by atoms with Crippen LogP contribution in [0.3, 0.4) is 0 Å². The van der Waals surface area contributed by atoms with Gasteiger partial charge >= 0.3 is 0 Å². The van der Waals surface area contributed by atoms with Crippen molar-refractivity contribution >= 4 is 23.4 Å². The molecule has 0 aliphatic carbocycles. The van der Waals surface area contributed by atoms with E-state index in [0.29, 0.717) is 17.3 Å². The predicted molar refractivity (Wildman–Crippen MR) is 82.5 cm³/mol. The molecule has 0 aliphatic heterocycles. The first-order valence-electron chi connectivity index (χ1n) is 6.98. The maximum absolute atomic E-state index is 11.7. The Labute approximate surface area is 130 Å². The van der Waals surface area contributed by atoms with Gasteiger partial charge in [0.15, 0.2) is 0 Å². The van der Waals surface area contributed by atoms with Crippen molar-refractivity contribution in [3.05, 3.63) is 29.3 Å². The van der Waals surface area contributed by atoms with E-state index in [1.54, 1.807) is 31.2 Å². The summed E-state index contributed by atoms with van der Waals surface area (Å²) in [5, 5.41) is 5.99. The number of hydrogen-bond acceptors (Lipinski definition) is 3. The number of carbonyl (C=O) groups is 2. The molecule has 2 amide bonds. The van der Waals surface area contributed by atoms with Crippen molar-refractivity contribution in [2.45, 2.75) is 32.7 Å². The monoisotopic (exact) mass is 312 g/mol. The minimum atomic E-state index is -0.542. The van der Waals surface area contributed by atoms with Gasteiger partial charge in [0, 0.05) is 11.6 Å². The Morgan fingerprint density at radius 2 is 1.95 bits per heavy atom. The molecule has 0 fully saturated rings. The third kappa shape index (κ3) is 6.99. The molecular weight excluding hydrogens is 292 g/mol. The van der Waals surface area contributed by atoms with Gasteiger partial charge in [0.1, 0.15) is 11.8 Å². The summed E-state index contributed by atoms with van der Waals surface area (Å²) >= 11 is 5.76. The quantitative estimate of drug-likeness (QED) is 0.773. The minimum absolute atomic E-state index is 0.177. The topological polar surface area (TPSA) is 67.4 Å². The standard InChI is InChI=1S/C15H21ClN2O3/c1-3-9-17-15(20)11(2)18-14(19)8-10-21-13-6-4-12(16)5-7-13/h4-7,11H,3,8-10H2,1-2H3,(H,17,20)(H,18,19)/t11-/m1/s1. The van der Waals surface area contributed by atoms with Crippen LogP contribution in [0.5, 0.6) is 5.75 Å². The molecule has 1 aromatic carbocycles. The van der Waals surface area contributed by atoms with E-state index >= 15 is 0 Å². The van der Waals surface area contributed by atoms with Gasteiger partial charge in [-0.05, 0) is 37.6 Å². The number of benzene rings is 1. The summed E-state index contributed by atoms with van der Waals surface area (Å²) in [5.74, 6) is 0.257. The molecule has 21 heavy (non-hydrogen) atoms. The van der Waals surface area contributed by atoms with Gasteiger partial charge in [-0.2, -0.15) is 0 Å². The van der Waals surface area contributed by atoms with Crippen molar-refractivity contribution in [3.8, 4) is 5.75 Å². The molecule has 0 saturated carbocycles. The van der Waals surface area contributed by atoms with Crippen molar-refractivity contribution in [2.75, 3.05) is 13.2 Å². The lowest BCUT2D eigenvalue weighted by atomic mass is 10.3. The summed E-state index contributed by atoms with van der Waals surface area (Å²) in [6.07, 6.45) is 1.05. The van der Waals surface area contributed by atoms with Crippen LogP contribution in [0.1, 0.15) is 26.7 Å². The van der Waals surface area contributed by atoms with Crippen LogP contribution in [-0.2, 0) is 9.59 Å². The highest BCUT2D eigenvalue weighted by molar-refractivity contribution is 6.30. The lowest BCUT2D eigenvalue weighted by molar-refractivity contribution is -0.128. The molecule has 116 valence electrons. The van der Waals surface area contributed by atoms with Crippen molar-refractivity contribution in [2.24, 2.45) is 0 Å². The first kappa shape index (κ1) is 17.3. The van der Waals surface area contributed by atoms with Crippen molar-refractivity contribution in [3.63, 3.8) is 0 Å². The van der Waals surface area contributed by atoms with Crippen molar-refractivity contribution in [1.29, 1.82) is 0 Å². The maximum Gasteiger partial charge on any atom is 0.242 e. The van der Waals surface area contributed by atoms with E-state index in [0.717, 1.165) is 6.42 Å². The molecule has 0 aliphatic rings. The fraction of sp³-hybridized carbons (Fsp3) is 0.467. The van der Waals surface area contributed by atoms with Gasteiger partial charge in [0.25, 0.3) is 0 Å². The summed E-state index contributed by atoms with van der Waals surface area (Å²) in [5.41, 5.74) is 0. The third-order valence-corrected chi connectivity index (χ3v) is 2.98. The number of ether oxygens (including phenoxy) is 1. The summed E-state index contributed by atoms with van der Waals surface area (Å²) in [6.45, 7) is 4.48. The van der Waals surface area contributed by atoms with Gasteiger partial charge in [-0.1, -0.05) is 18.5 Å². The van der Waals surface area contributed by atoms with Crippen LogP contribution in [0.25, 0.3) is 0 Å². The van der Waals surface area contributed by atoms with Gasteiger partial charge in [0.05, 0.1) is 13.0 Å². The lowest BCUT2D eigenvalue weighted by Crippen LogP contribution is -2.45. The van der Waals surface area contributed by atoms with Gasteiger partial charge in [-0.25, -0.2) is 0 Å². The van der Waals surface area contributed by atoms with Gasteiger partial charge < -0.3 is 15.4 Å². The highest BCUT2D eigenvalue weighted by atomic mass is 35.5. The molecule has 0 spiro atoms. The predicted octanol–water partition coefficient (Wildman–Crippen LogP) is 2.14. The van der Waals surface area contributed by atoms with Crippen LogP contribution in [0, 0.1) is 0 Å². The summed E-state index contributed by atoms with van der Waals surface area (Å²) in [4.78, 5) is 23.3. The Balaban J connectivity index is 2.24. The normalized spacial score (nSPS) is 11.6. The third-order valence-electron chi connectivity index (χ3n) is 2.73. The van der Waals surface area contributed by atoms with Crippen LogP contribution in [-0.4, -0.2) is 31.0 Å². The number of halogens is 1. The molecule has 0 unspecified atom stereocenters. The van der Waals surface area contributed by atoms with E-state index < -0.39 is 6.04 Å². The average Bonchev–Trinajstić information content (AvgIpc) is 2.46. The Bertz CT molecular complexity index is 462. The second-order valence-electron chi connectivity index (χ2n) is 4.63. The fourth-order valence-electron chi connectivity index (χ4n) is 1.57.